The molecule has 1 aliphatic rings. The van der Waals surface area contributed by atoms with Gasteiger partial charge in [0.2, 0.25) is 0 Å². The van der Waals surface area contributed by atoms with Crippen molar-refractivity contribution in [3.63, 3.8) is 0 Å². The Morgan fingerprint density at radius 3 is 2.52 bits per heavy atom. The number of halogens is 2. The molecule has 0 atom stereocenters. The van der Waals surface area contributed by atoms with E-state index in [9.17, 15) is 9.90 Å². The third-order valence-electron chi connectivity index (χ3n) is 3.63. The van der Waals surface area contributed by atoms with Crippen LogP contribution in [0.2, 0.25) is 10.0 Å². The second kappa shape index (κ2) is 7.12. The van der Waals surface area contributed by atoms with Crippen molar-refractivity contribution in [1.29, 1.82) is 0 Å². The fourth-order valence-corrected chi connectivity index (χ4v) is 3.73. The Bertz CT molecular complexity index is 905. The topological polar surface area (TPSA) is 52.9 Å². The molecule has 1 N–H and O–H groups in total. The van der Waals surface area contributed by atoms with Crippen LogP contribution in [0.15, 0.2) is 46.3 Å². The summed E-state index contributed by atoms with van der Waals surface area (Å²) in [7, 11) is 1.63. The van der Waals surface area contributed by atoms with Gasteiger partial charge in [0.1, 0.15) is 11.4 Å². The van der Waals surface area contributed by atoms with Gasteiger partial charge < -0.3 is 5.11 Å². The number of nitrogens with zero attached hydrogens (tertiary/aromatic N) is 2. The number of amidine groups is 1. The smallest absolute Gasteiger partial charge is 0.266 e. The monoisotopic (exact) mass is 392 g/mol. The largest absolute Gasteiger partial charge is 0.506 e. The van der Waals surface area contributed by atoms with E-state index in [1.54, 1.807) is 43.5 Å². The Morgan fingerprint density at radius 1 is 1.20 bits per heavy atom. The van der Waals surface area contributed by atoms with Gasteiger partial charge in [-0.3, -0.25) is 9.69 Å². The maximum absolute atomic E-state index is 12.5. The summed E-state index contributed by atoms with van der Waals surface area (Å²) in [6, 6.07) is 10.4. The molecule has 0 saturated carbocycles. The van der Waals surface area contributed by atoms with Gasteiger partial charge in [-0.25, -0.2) is 4.99 Å². The van der Waals surface area contributed by atoms with Crippen molar-refractivity contribution in [1.82, 2.24) is 4.90 Å². The van der Waals surface area contributed by atoms with Crippen LogP contribution in [0.25, 0.3) is 6.08 Å². The van der Waals surface area contributed by atoms with E-state index in [-0.39, 0.29) is 11.7 Å². The van der Waals surface area contributed by atoms with Gasteiger partial charge in [-0.05, 0) is 54.6 Å². The lowest BCUT2D eigenvalue weighted by atomic mass is 10.2. The number of rotatable bonds is 2. The minimum Gasteiger partial charge on any atom is -0.506 e. The van der Waals surface area contributed by atoms with Gasteiger partial charge in [0.15, 0.2) is 5.17 Å². The van der Waals surface area contributed by atoms with Crippen molar-refractivity contribution in [2.24, 2.45) is 4.99 Å². The first-order chi connectivity index (χ1) is 11.9. The molecule has 128 valence electrons. The van der Waals surface area contributed by atoms with E-state index < -0.39 is 0 Å². The highest BCUT2D eigenvalue weighted by atomic mass is 35.5. The summed E-state index contributed by atoms with van der Waals surface area (Å²) in [6.07, 6.45) is 1.66. The SMILES string of the molecule is Cc1ccc(N=C2S/C(=C\c3c(Cl)cccc3Cl)C(=O)N2C)c(O)c1. The van der Waals surface area contributed by atoms with Gasteiger partial charge in [-0.2, -0.15) is 0 Å². The average Bonchev–Trinajstić information content (AvgIpc) is 2.82. The van der Waals surface area contributed by atoms with Gasteiger partial charge in [-0.1, -0.05) is 35.3 Å². The molecule has 2 aromatic carbocycles. The van der Waals surface area contributed by atoms with Gasteiger partial charge in [0.25, 0.3) is 5.91 Å². The van der Waals surface area contributed by atoms with Crippen molar-refractivity contribution in [2.75, 3.05) is 7.05 Å². The number of hydrogen-bond donors (Lipinski definition) is 1. The molecule has 1 aliphatic heterocycles. The third-order valence-corrected chi connectivity index (χ3v) is 5.35. The van der Waals surface area contributed by atoms with Gasteiger partial charge in [0, 0.05) is 22.7 Å². The number of phenols is 1. The third kappa shape index (κ3) is 3.68. The molecule has 25 heavy (non-hydrogen) atoms. The zero-order valence-electron chi connectivity index (χ0n) is 13.5. The summed E-state index contributed by atoms with van der Waals surface area (Å²) < 4.78 is 0. The molecule has 1 amide bonds. The molecule has 0 spiro atoms. The van der Waals surface area contributed by atoms with Crippen LogP contribution >= 0.6 is 35.0 Å². The van der Waals surface area contributed by atoms with E-state index in [1.165, 1.54) is 16.7 Å². The lowest BCUT2D eigenvalue weighted by molar-refractivity contribution is -0.121. The standard InChI is InChI=1S/C18H14Cl2N2O2S/c1-10-6-7-14(15(23)8-10)21-18-22(2)17(24)16(25-18)9-11-12(19)4-3-5-13(11)20/h3-9,23H,1-2H3/b16-9-,21-18?. The van der Waals surface area contributed by atoms with Gasteiger partial charge in [-0.15, -0.1) is 0 Å². The van der Waals surface area contributed by atoms with Crippen LogP contribution in [0, 0.1) is 6.92 Å². The number of likely N-dealkylation sites (N-methyl/N-ethyl adjacent to an activating group) is 1. The first kappa shape index (κ1) is 17.9. The molecular weight excluding hydrogens is 379 g/mol. The summed E-state index contributed by atoms with van der Waals surface area (Å²) in [6.45, 7) is 1.88. The van der Waals surface area contributed by atoms with Crippen LogP contribution in [0.5, 0.6) is 5.75 Å². The lowest BCUT2D eigenvalue weighted by Gasteiger charge is -2.08. The summed E-state index contributed by atoms with van der Waals surface area (Å²) in [5.41, 5.74) is 1.93. The Hall–Kier alpha value is -1.95. The number of thioether (sulfide) groups is 1. The number of carbonyl (C=O) groups is 1. The fraction of sp³-hybridized carbons (Fsp3) is 0.111. The van der Waals surface area contributed by atoms with Crippen molar-refractivity contribution in [3.8, 4) is 5.75 Å². The average molecular weight is 393 g/mol. The number of amides is 1. The van der Waals surface area contributed by atoms with Crippen LogP contribution in [-0.2, 0) is 4.79 Å². The lowest BCUT2D eigenvalue weighted by Crippen LogP contribution is -2.23. The predicted octanol–water partition coefficient (Wildman–Crippen LogP) is 5.24. The van der Waals surface area contributed by atoms with Gasteiger partial charge in [0.05, 0.1) is 4.91 Å². The molecule has 0 radical (unpaired) electrons. The number of carbonyl (C=O) groups excluding carboxylic acids is 1. The Balaban J connectivity index is 1.97. The second-order valence-electron chi connectivity index (χ2n) is 5.50. The minimum absolute atomic E-state index is 0.0699. The maximum Gasteiger partial charge on any atom is 0.266 e. The summed E-state index contributed by atoms with van der Waals surface area (Å²) in [5.74, 6) is -0.133. The molecule has 0 bridgehead atoms. The number of aromatic hydroxyl groups is 1. The zero-order chi connectivity index (χ0) is 18.1. The number of hydrogen-bond acceptors (Lipinski definition) is 4. The second-order valence-corrected chi connectivity index (χ2v) is 7.32. The summed E-state index contributed by atoms with van der Waals surface area (Å²) in [5, 5.41) is 11.4. The molecule has 4 nitrogen and oxygen atoms in total. The highest BCUT2D eigenvalue weighted by molar-refractivity contribution is 8.18. The fourth-order valence-electron chi connectivity index (χ4n) is 2.26. The minimum atomic E-state index is -0.202. The molecular formula is C18H14Cl2N2O2S. The normalized spacial score (nSPS) is 17.8. The molecule has 1 heterocycles. The number of aryl methyl sites for hydroxylation is 1. The van der Waals surface area contributed by atoms with Crippen molar-refractivity contribution in [3.05, 3.63) is 62.5 Å². The number of phenolic OH excluding ortho intramolecular Hbond substituents is 1. The quantitative estimate of drug-likeness (QED) is 0.710. The first-order valence-electron chi connectivity index (χ1n) is 7.36. The van der Waals surface area contributed by atoms with Crippen LogP contribution in [0.1, 0.15) is 11.1 Å². The summed E-state index contributed by atoms with van der Waals surface area (Å²) in [4.78, 5) is 18.8. The van der Waals surface area contributed by atoms with Crippen molar-refractivity contribution in [2.45, 2.75) is 6.92 Å². The first-order valence-corrected chi connectivity index (χ1v) is 8.94. The molecule has 1 saturated heterocycles. The molecule has 0 aromatic heterocycles. The van der Waals surface area contributed by atoms with Gasteiger partial charge >= 0.3 is 0 Å². The van der Waals surface area contributed by atoms with E-state index in [2.05, 4.69) is 4.99 Å². The molecule has 1 fully saturated rings. The molecule has 0 aliphatic carbocycles. The Morgan fingerprint density at radius 2 is 1.88 bits per heavy atom. The van der Waals surface area contributed by atoms with E-state index >= 15 is 0 Å². The molecule has 0 unspecified atom stereocenters. The highest BCUT2D eigenvalue weighted by Gasteiger charge is 2.31. The van der Waals surface area contributed by atoms with Crippen molar-refractivity contribution < 1.29 is 9.90 Å². The van der Waals surface area contributed by atoms with Crippen LogP contribution in [0.4, 0.5) is 5.69 Å². The van der Waals surface area contributed by atoms with E-state index in [1.807, 2.05) is 13.0 Å². The number of benzene rings is 2. The molecule has 2 aromatic rings. The highest BCUT2D eigenvalue weighted by Crippen LogP contribution is 2.37. The van der Waals surface area contributed by atoms with Crippen LogP contribution < -0.4 is 0 Å². The summed E-state index contributed by atoms with van der Waals surface area (Å²) >= 11 is 13.5. The molecule has 7 heteroatoms. The Labute approximate surface area is 159 Å². The number of aliphatic imine (C=N–C) groups is 1. The van der Waals surface area contributed by atoms with E-state index in [0.29, 0.717) is 31.4 Å². The predicted molar refractivity (Wildman–Crippen MR) is 105 cm³/mol. The van der Waals surface area contributed by atoms with E-state index in [4.69, 9.17) is 23.2 Å². The maximum atomic E-state index is 12.5. The zero-order valence-corrected chi connectivity index (χ0v) is 15.8. The van der Waals surface area contributed by atoms with Crippen LogP contribution in [-0.4, -0.2) is 28.1 Å². The van der Waals surface area contributed by atoms with Crippen molar-refractivity contribution >= 4 is 57.8 Å². The van der Waals surface area contributed by atoms with E-state index in [0.717, 1.165) is 5.56 Å². The molecule has 3 rings (SSSR count). The van der Waals surface area contributed by atoms with Crippen LogP contribution in [0.3, 0.4) is 0 Å². The Kier molecular flexibility index (Phi) is 5.08.